The Labute approximate surface area is 218 Å². The largest absolute Gasteiger partial charge is 0.493 e. The van der Waals surface area contributed by atoms with Crippen molar-refractivity contribution in [3.05, 3.63) is 100.0 Å². The summed E-state index contributed by atoms with van der Waals surface area (Å²) in [5.74, 6) is -0.0338. The summed E-state index contributed by atoms with van der Waals surface area (Å²) < 4.78 is 11.1. The number of hydrogen-bond acceptors (Lipinski definition) is 7. The van der Waals surface area contributed by atoms with Crippen LogP contribution in [0.25, 0.3) is 10.8 Å². The van der Waals surface area contributed by atoms with Crippen LogP contribution in [-0.2, 0) is 4.79 Å². The first-order chi connectivity index (χ1) is 18.4. The van der Waals surface area contributed by atoms with Gasteiger partial charge in [-0.15, -0.1) is 0 Å². The molecule has 4 aromatic rings. The van der Waals surface area contributed by atoms with E-state index in [1.54, 1.807) is 72.8 Å². The molecule has 10 nitrogen and oxygen atoms in total. The highest BCUT2D eigenvalue weighted by molar-refractivity contribution is 5.99. The predicted octanol–water partition coefficient (Wildman–Crippen LogP) is 3.34. The van der Waals surface area contributed by atoms with Crippen LogP contribution in [0.3, 0.4) is 0 Å². The number of methoxy groups -OCH3 is 1. The van der Waals surface area contributed by atoms with Gasteiger partial charge in [-0.1, -0.05) is 36.4 Å². The van der Waals surface area contributed by atoms with Crippen LogP contribution < -0.4 is 25.8 Å². The van der Waals surface area contributed by atoms with E-state index in [0.717, 1.165) is 0 Å². The molecule has 0 saturated carbocycles. The van der Waals surface area contributed by atoms with Crippen LogP contribution in [0.5, 0.6) is 11.5 Å². The lowest BCUT2D eigenvalue weighted by molar-refractivity contribution is -0.123. The zero-order valence-electron chi connectivity index (χ0n) is 21.1. The van der Waals surface area contributed by atoms with Crippen molar-refractivity contribution >= 4 is 28.8 Å². The first-order valence-electron chi connectivity index (χ1n) is 11.9. The van der Waals surface area contributed by atoms with Crippen LogP contribution in [0, 0.1) is 0 Å². The highest BCUT2D eigenvalue weighted by Gasteiger charge is 2.27. The molecular weight excluding hydrogens is 486 g/mol. The van der Waals surface area contributed by atoms with Crippen LogP contribution in [-0.4, -0.2) is 41.4 Å². The SMILES string of the molecule is COc1cc(/C=N/NC(=O)C(NC(=O)c2ccccc2)c2n[nH]c(=O)c3ccccc23)ccc1OC(C)C. The van der Waals surface area contributed by atoms with Gasteiger partial charge in [0.05, 0.1) is 24.8 Å². The lowest BCUT2D eigenvalue weighted by Crippen LogP contribution is -2.40. The number of fused-ring (bicyclic) bond motifs is 1. The number of rotatable bonds is 9. The molecule has 4 rings (SSSR count). The summed E-state index contributed by atoms with van der Waals surface area (Å²) in [7, 11) is 1.53. The Morgan fingerprint density at radius 3 is 2.39 bits per heavy atom. The van der Waals surface area contributed by atoms with Gasteiger partial charge < -0.3 is 14.8 Å². The molecule has 1 aromatic heterocycles. The van der Waals surface area contributed by atoms with Crippen LogP contribution in [0.15, 0.2) is 82.7 Å². The Balaban J connectivity index is 1.62. The Hall–Kier alpha value is -4.99. The molecule has 0 aliphatic rings. The van der Waals surface area contributed by atoms with Crippen molar-refractivity contribution < 1.29 is 19.1 Å². The van der Waals surface area contributed by atoms with E-state index < -0.39 is 23.4 Å². The standard InChI is InChI=1S/C28H27N5O5/c1-17(2)38-22-14-13-18(15-23(22)37-3)16-29-32-28(36)25(30-26(34)19-9-5-4-6-10-19)24-20-11-7-8-12-21(20)27(35)33-31-24/h4-17,25H,1-3H3,(H,30,34)(H,32,36)(H,33,35)/b29-16+. The maximum Gasteiger partial charge on any atom is 0.272 e. The summed E-state index contributed by atoms with van der Waals surface area (Å²) in [6.07, 6.45) is 1.41. The zero-order chi connectivity index (χ0) is 27.1. The van der Waals surface area contributed by atoms with Crippen molar-refractivity contribution in [1.82, 2.24) is 20.9 Å². The zero-order valence-corrected chi connectivity index (χ0v) is 21.1. The number of nitrogens with one attached hydrogen (secondary N) is 3. The fourth-order valence-corrected chi connectivity index (χ4v) is 3.77. The van der Waals surface area contributed by atoms with Crippen molar-refractivity contribution in [2.24, 2.45) is 5.10 Å². The van der Waals surface area contributed by atoms with Crippen LogP contribution >= 0.6 is 0 Å². The third-order valence-electron chi connectivity index (χ3n) is 5.51. The highest BCUT2D eigenvalue weighted by Crippen LogP contribution is 2.28. The molecule has 38 heavy (non-hydrogen) atoms. The first kappa shape index (κ1) is 26.1. The van der Waals surface area contributed by atoms with Gasteiger partial charge in [-0.2, -0.15) is 10.2 Å². The number of aromatic nitrogens is 2. The number of benzene rings is 3. The second-order valence-corrected chi connectivity index (χ2v) is 8.57. The number of aromatic amines is 1. The molecule has 0 radical (unpaired) electrons. The maximum absolute atomic E-state index is 13.3. The van der Waals surface area contributed by atoms with E-state index in [-0.39, 0.29) is 11.8 Å². The van der Waals surface area contributed by atoms with Crippen molar-refractivity contribution in [2.45, 2.75) is 26.0 Å². The van der Waals surface area contributed by atoms with Gasteiger partial charge in [-0.25, -0.2) is 10.5 Å². The number of carbonyl (C=O) groups excluding carboxylic acids is 2. The van der Waals surface area contributed by atoms with Gasteiger partial charge in [0.25, 0.3) is 17.4 Å². The third-order valence-corrected chi connectivity index (χ3v) is 5.51. The summed E-state index contributed by atoms with van der Waals surface area (Å²) in [5.41, 5.74) is 3.24. The minimum Gasteiger partial charge on any atom is -0.493 e. The maximum atomic E-state index is 13.3. The van der Waals surface area contributed by atoms with Gasteiger partial charge in [0.15, 0.2) is 17.5 Å². The normalized spacial score (nSPS) is 11.9. The number of hydrogen-bond donors (Lipinski definition) is 3. The number of hydrazone groups is 1. The first-order valence-corrected chi connectivity index (χ1v) is 11.9. The van der Waals surface area contributed by atoms with Crippen LogP contribution in [0.2, 0.25) is 0 Å². The molecule has 0 fully saturated rings. The van der Waals surface area contributed by atoms with Crippen LogP contribution in [0.1, 0.15) is 41.5 Å². The second kappa shape index (κ2) is 11.8. The average Bonchev–Trinajstić information content (AvgIpc) is 2.93. The van der Waals surface area contributed by atoms with E-state index in [0.29, 0.717) is 33.4 Å². The molecule has 0 saturated heterocycles. The number of H-pyrrole nitrogens is 1. The number of ether oxygens (including phenoxy) is 2. The number of amides is 2. The second-order valence-electron chi connectivity index (χ2n) is 8.57. The van der Waals surface area contributed by atoms with E-state index in [1.807, 2.05) is 13.8 Å². The van der Waals surface area contributed by atoms with E-state index >= 15 is 0 Å². The minimum absolute atomic E-state index is 0.0247. The van der Waals surface area contributed by atoms with Gasteiger partial charge in [-0.05, 0) is 55.8 Å². The molecule has 0 spiro atoms. The van der Waals surface area contributed by atoms with Gasteiger partial charge in [-0.3, -0.25) is 14.4 Å². The van der Waals surface area contributed by atoms with E-state index in [1.165, 1.54) is 13.3 Å². The molecule has 0 bridgehead atoms. The minimum atomic E-state index is -1.25. The molecule has 1 heterocycles. The molecule has 194 valence electrons. The Morgan fingerprint density at radius 1 is 0.974 bits per heavy atom. The summed E-state index contributed by atoms with van der Waals surface area (Å²) >= 11 is 0. The third kappa shape index (κ3) is 6.04. The van der Waals surface area contributed by atoms with E-state index in [2.05, 4.69) is 26.0 Å². The molecule has 0 aliphatic carbocycles. The van der Waals surface area contributed by atoms with Crippen molar-refractivity contribution in [1.29, 1.82) is 0 Å². The van der Waals surface area contributed by atoms with Gasteiger partial charge in [0.1, 0.15) is 5.69 Å². The molecule has 1 unspecified atom stereocenters. The smallest absolute Gasteiger partial charge is 0.272 e. The molecule has 3 aromatic carbocycles. The summed E-state index contributed by atoms with van der Waals surface area (Å²) in [4.78, 5) is 38.5. The summed E-state index contributed by atoms with van der Waals surface area (Å²) in [6, 6.07) is 19.2. The summed E-state index contributed by atoms with van der Waals surface area (Å²) in [6.45, 7) is 3.83. The predicted molar refractivity (Wildman–Crippen MR) is 144 cm³/mol. The molecule has 2 amide bonds. The fraction of sp³-hybridized carbons (Fsp3) is 0.179. The van der Waals surface area contributed by atoms with Gasteiger partial charge in [0.2, 0.25) is 0 Å². The van der Waals surface area contributed by atoms with Crippen molar-refractivity contribution in [3.63, 3.8) is 0 Å². The van der Waals surface area contributed by atoms with E-state index in [4.69, 9.17) is 9.47 Å². The van der Waals surface area contributed by atoms with Gasteiger partial charge >= 0.3 is 0 Å². The molecule has 0 aliphatic heterocycles. The van der Waals surface area contributed by atoms with E-state index in [9.17, 15) is 14.4 Å². The van der Waals surface area contributed by atoms with Crippen LogP contribution in [0.4, 0.5) is 0 Å². The quantitative estimate of drug-likeness (QED) is 0.232. The number of nitrogens with zero attached hydrogens (tertiary/aromatic N) is 2. The topological polar surface area (TPSA) is 135 Å². The lowest BCUT2D eigenvalue weighted by Gasteiger charge is -2.18. The molecule has 1 atom stereocenters. The molecule has 3 N–H and O–H groups in total. The number of carbonyl (C=O) groups is 2. The Kier molecular flexibility index (Phi) is 8.12. The van der Waals surface area contributed by atoms with Crippen molar-refractivity contribution in [2.75, 3.05) is 7.11 Å². The molecule has 10 heteroatoms. The Morgan fingerprint density at radius 2 is 1.68 bits per heavy atom. The average molecular weight is 514 g/mol. The lowest BCUT2D eigenvalue weighted by atomic mass is 10.0. The van der Waals surface area contributed by atoms with Gasteiger partial charge in [0, 0.05) is 10.9 Å². The summed E-state index contributed by atoms with van der Waals surface area (Å²) in [5, 5.41) is 14.0. The monoisotopic (exact) mass is 513 g/mol. The van der Waals surface area contributed by atoms with Crippen molar-refractivity contribution in [3.8, 4) is 11.5 Å². The Bertz CT molecular complexity index is 1530. The molecular formula is C28H27N5O5. The highest BCUT2D eigenvalue weighted by atomic mass is 16.5. The fourth-order valence-electron chi connectivity index (χ4n) is 3.77.